The van der Waals surface area contributed by atoms with E-state index in [0.717, 1.165) is 11.3 Å². The van der Waals surface area contributed by atoms with E-state index in [1.165, 1.54) is 14.2 Å². The van der Waals surface area contributed by atoms with E-state index in [1.807, 2.05) is 0 Å². The summed E-state index contributed by atoms with van der Waals surface area (Å²) in [4.78, 5) is 24.0. The largest absolute Gasteiger partial charge is 0.496 e. The van der Waals surface area contributed by atoms with E-state index in [1.54, 1.807) is 36.4 Å². The highest BCUT2D eigenvalue weighted by molar-refractivity contribution is 6.08. The minimum atomic E-state index is -0.337. The molecule has 23 heavy (non-hydrogen) atoms. The quantitative estimate of drug-likeness (QED) is 0.909. The molecule has 0 saturated carbocycles. The smallest absolute Gasteiger partial charge is 0.263 e. The number of rotatable bonds is 4. The number of benzene rings is 2. The predicted molar refractivity (Wildman–Crippen MR) is 86.3 cm³/mol. The van der Waals surface area contributed by atoms with Gasteiger partial charge in [-0.25, -0.2) is 0 Å². The SMILES string of the molecule is COc1cccc(OC)c1C(=O)Nc1ccc2c(c1)CC(=O)N2. The van der Waals surface area contributed by atoms with Gasteiger partial charge in [-0.15, -0.1) is 0 Å². The lowest BCUT2D eigenvalue weighted by Crippen LogP contribution is -2.14. The van der Waals surface area contributed by atoms with E-state index in [4.69, 9.17) is 9.47 Å². The highest BCUT2D eigenvalue weighted by Crippen LogP contribution is 2.30. The maximum absolute atomic E-state index is 12.6. The zero-order chi connectivity index (χ0) is 16.4. The van der Waals surface area contributed by atoms with Gasteiger partial charge >= 0.3 is 0 Å². The maximum Gasteiger partial charge on any atom is 0.263 e. The van der Waals surface area contributed by atoms with Crippen LogP contribution in [0.5, 0.6) is 11.5 Å². The molecule has 0 saturated heterocycles. The molecule has 2 amide bonds. The number of anilines is 2. The van der Waals surface area contributed by atoms with Crippen LogP contribution in [0, 0.1) is 0 Å². The lowest BCUT2D eigenvalue weighted by atomic mass is 10.1. The third kappa shape index (κ3) is 2.83. The fraction of sp³-hybridized carbons (Fsp3) is 0.176. The van der Waals surface area contributed by atoms with Gasteiger partial charge in [-0.2, -0.15) is 0 Å². The summed E-state index contributed by atoms with van der Waals surface area (Å²) in [6.45, 7) is 0. The van der Waals surface area contributed by atoms with Gasteiger partial charge in [-0.05, 0) is 35.9 Å². The monoisotopic (exact) mass is 312 g/mol. The summed E-state index contributed by atoms with van der Waals surface area (Å²) < 4.78 is 10.5. The zero-order valence-corrected chi connectivity index (χ0v) is 12.8. The van der Waals surface area contributed by atoms with Crippen molar-refractivity contribution in [3.63, 3.8) is 0 Å². The number of ether oxygens (including phenoxy) is 2. The molecule has 1 aliphatic rings. The van der Waals surface area contributed by atoms with Crippen LogP contribution in [0.1, 0.15) is 15.9 Å². The van der Waals surface area contributed by atoms with Crippen molar-refractivity contribution in [1.29, 1.82) is 0 Å². The van der Waals surface area contributed by atoms with E-state index in [9.17, 15) is 9.59 Å². The highest BCUT2D eigenvalue weighted by Gasteiger charge is 2.21. The third-order valence-electron chi connectivity index (χ3n) is 3.64. The third-order valence-corrected chi connectivity index (χ3v) is 3.64. The molecule has 0 aromatic heterocycles. The Bertz CT molecular complexity index is 764. The number of methoxy groups -OCH3 is 2. The molecule has 6 nitrogen and oxygen atoms in total. The molecule has 2 aromatic rings. The van der Waals surface area contributed by atoms with Crippen molar-refractivity contribution in [2.75, 3.05) is 24.9 Å². The van der Waals surface area contributed by atoms with Gasteiger partial charge in [-0.3, -0.25) is 9.59 Å². The summed E-state index contributed by atoms with van der Waals surface area (Å²) >= 11 is 0. The molecule has 0 radical (unpaired) electrons. The molecular weight excluding hydrogens is 296 g/mol. The lowest BCUT2D eigenvalue weighted by molar-refractivity contribution is -0.115. The molecule has 0 atom stereocenters. The Labute approximate surface area is 133 Å². The van der Waals surface area contributed by atoms with Crippen LogP contribution >= 0.6 is 0 Å². The van der Waals surface area contributed by atoms with Crippen LogP contribution in [0.4, 0.5) is 11.4 Å². The van der Waals surface area contributed by atoms with Crippen molar-refractivity contribution in [1.82, 2.24) is 0 Å². The van der Waals surface area contributed by atoms with Gasteiger partial charge in [0.05, 0.1) is 20.6 Å². The van der Waals surface area contributed by atoms with Crippen molar-refractivity contribution in [3.05, 3.63) is 47.5 Å². The van der Waals surface area contributed by atoms with E-state index in [2.05, 4.69) is 10.6 Å². The molecule has 2 aromatic carbocycles. The molecule has 3 rings (SSSR count). The molecule has 0 unspecified atom stereocenters. The van der Waals surface area contributed by atoms with E-state index >= 15 is 0 Å². The topological polar surface area (TPSA) is 76.7 Å². The number of nitrogens with one attached hydrogen (secondary N) is 2. The predicted octanol–water partition coefficient (Wildman–Crippen LogP) is 2.45. The Kier molecular flexibility index (Phi) is 3.89. The minimum absolute atomic E-state index is 0.0464. The molecule has 0 bridgehead atoms. The van der Waals surface area contributed by atoms with Crippen molar-refractivity contribution < 1.29 is 19.1 Å². The molecule has 0 aliphatic carbocycles. The first-order valence-electron chi connectivity index (χ1n) is 7.07. The van der Waals surface area contributed by atoms with Crippen LogP contribution in [-0.2, 0) is 11.2 Å². The van der Waals surface area contributed by atoms with Gasteiger partial charge in [0.1, 0.15) is 17.1 Å². The van der Waals surface area contributed by atoms with Crippen LogP contribution in [0.15, 0.2) is 36.4 Å². The second-order valence-corrected chi connectivity index (χ2v) is 5.09. The molecule has 6 heteroatoms. The first kappa shape index (κ1) is 14.9. The average Bonchev–Trinajstić information content (AvgIpc) is 2.93. The molecule has 2 N–H and O–H groups in total. The highest BCUT2D eigenvalue weighted by atomic mass is 16.5. The van der Waals surface area contributed by atoms with Crippen LogP contribution in [0.3, 0.4) is 0 Å². The Morgan fingerprint density at radius 1 is 1.13 bits per heavy atom. The number of hydrogen-bond donors (Lipinski definition) is 2. The van der Waals surface area contributed by atoms with Gasteiger partial charge in [0.2, 0.25) is 5.91 Å². The zero-order valence-electron chi connectivity index (χ0n) is 12.8. The van der Waals surface area contributed by atoms with Gasteiger partial charge in [0.25, 0.3) is 5.91 Å². The number of amides is 2. The van der Waals surface area contributed by atoms with Crippen LogP contribution in [0.2, 0.25) is 0 Å². The fourth-order valence-corrected chi connectivity index (χ4v) is 2.58. The summed E-state index contributed by atoms with van der Waals surface area (Å²) in [6, 6.07) is 10.4. The second-order valence-electron chi connectivity index (χ2n) is 5.09. The minimum Gasteiger partial charge on any atom is -0.496 e. The number of fused-ring (bicyclic) bond motifs is 1. The van der Waals surface area contributed by atoms with E-state index < -0.39 is 0 Å². The Balaban J connectivity index is 1.88. The molecule has 1 aliphatic heterocycles. The Hall–Kier alpha value is -3.02. The molecule has 0 spiro atoms. The summed E-state index contributed by atoms with van der Waals surface area (Å²) in [7, 11) is 3.00. The summed E-state index contributed by atoms with van der Waals surface area (Å²) in [5, 5.41) is 5.57. The van der Waals surface area contributed by atoms with Crippen molar-refractivity contribution in [3.8, 4) is 11.5 Å². The van der Waals surface area contributed by atoms with Gasteiger partial charge in [0, 0.05) is 11.4 Å². The fourth-order valence-electron chi connectivity index (χ4n) is 2.58. The van der Waals surface area contributed by atoms with E-state index in [0.29, 0.717) is 29.2 Å². The molecule has 118 valence electrons. The molecule has 1 heterocycles. The van der Waals surface area contributed by atoms with E-state index in [-0.39, 0.29) is 11.8 Å². The van der Waals surface area contributed by atoms with Crippen LogP contribution < -0.4 is 20.1 Å². The van der Waals surface area contributed by atoms with Gasteiger partial charge in [-0.1, -0.05) is 6.07 Å². The summed E-state index contributed by atoms with van der Waals surface area (Å²) in [5.74, 6) is 0.478. The first-order chi connectivity index (χ1) is 11.1. The van der Waals surface area contributed by atoms with Crippen molar-refractivity contribution in [2.24, 2.45) is 0 Å². The summed E-state index contributed by atoms with van der Waals surface area (Å²) in [6.07, 6.45) is 0.316. The first-order valence-corrected chi connectivity index (χ1v) is 7.07. The normalized spacial score (nSPS) is 12.3. The standard InChI is InChI=1S/C17H16N2O4/c1-22-13-4-3-5-14(23-2)16(13)17(21)18-11-6-7-12-10(8-11)9-15(20)19-12/h3-8H,9H2,1-2H3,(H,18,21)(H,19,20). The van der Waals surface area contributed by atoms with Crippen LogP contribution in [0.25, 0.3) is 0 Å². The van der Waals surface area contributed by atoms with Gasteiger partial charge in [0.15, 0.2) is 0 Å². The second kappa shape index (κ2) is 6.00. The molecule has 0 fully saturated rings. The van der Waals surface area contributed by atoms with Gasteiger partial charge < -0.3 is 20.1 Å². The maximum atomic E-state index is 12.6. The lowest BCUT2D eigenvalue weighted by Gasteiger charge is -2.13. The number of carbonyl (C=O) groups excluding carboxylic acids is 2. The number of carbonyl (C=O) groups is 2. The van der Waals surface area contributed by atoms with Crippen LogP contribution in [-0.4, -0.2) is 26.0 Å². The Morgan fingerprint density at radius 2 is 1.83 bits per heavy atom. The number of hydrogen-bond acceptors (Lipinski definition) is 4. The van der Waals surface area contributed by atoms with Crippen molar-refractivity contribution in [2.45, 2.75) is 6.42 Å². The average molecular weight is 312 g/mol. The summed E-state index contributed by atoms with van der Waals surface area (Å²) in [5.41, 5.74) is 2.58. The molecular formula is C17H16N2O4. The Morgan fingerprint density at radius 3 is 2.48 bits per heavy atom. The van der Waals surface area contributed by atoms with Crippen molar-refractivity contribution >= 4 is 23.2 Å².